The molecule has 3 nitrogen and oxygen atoms in total. The quantitative estimate of drug-likeness (QED) is 0.662. The van der Waals surface area contributed by atoms with Gasteiger partial charge in [-0.15, -0.1) is 17.0 Å². The van der Waals surface area contributed by atoms with Crippen molar-refractivity contribution in [2.24, 2.45) is 0 Å². The Morgan fingerprint density at radius 1 is 1.70 bits per heavy atom. The van der Waals surface area contributed by atoms with Crippen molar-refractivity contribution in [3.05, 3.63) is 11.6 Å². The average Bonchev–Trinajstić information content (AvgIpc) is 1.90. The zero-order chi connectivity index (χ0) is 6.69. The number of carboxylic acids is 1. The first-order valence-electron chi connectivity index (χ1n) is 2.94. The van der Waals surface area contributed by atoms with Gasteiger partial charge in [0.05, 0.1) is 0 Å². The summed E-state index contributed by atoms with van der Waals surface area (Å²) in [5, 5.41) is 11.5. The SMILES string of the molecule is Br.O=C(O)C1=CCNCC1. The fraction of sp³-hybridized carbons (Fsp3) is 0.500. The maximum Gasteiger partial charge on any atom is 0.331 e. The van der Waals surface area contributed by atoms with Crippen LogP contribution in [0.4, 0.5) is 0 Å². The maximum absolute atomic E-state index is 10.3. The van der Waals surface area contributed by atoms with E-state index >= 15 is 0 Å². The van der Waals surface area contributed by atoms with Crippen LogP contribution in [0.2, 0.25) is 0 Å². The van der Waals surface area contributed by atoms with Gasteiger partial charge in [-0.3, -0.25) is 0 Å². The van der Waals surface area contributed by atoms with Gasteiger partial charge >= 0.3 is 5.97 Å². The Morgan fingerprint density at radius 2 is 2.40 bits per heavy atom. The minimum absolute atomic E-state index is 0. The summed E-state index contributed by atoms with van der Waals surface area (Å²) < 4.78 is 0. The Kier molecular flexibility index (Phi) is 4.31. The van der Waals surface area contributed by atoms with Gasteiger partial charge in [0.1, 0.15) is 0 Å². The monoisotopic (exact) mass is 207 g/mol. The molecule has 58 valence electrons. The summed E-state index contributed by atoms with van der Waals surface area (Å²) in [7, 11) is 0. The Balaban J connectivity index is 0.000000810. The van der Waals surface area contributed by atoms with Crippen molar-refractivity contribution in [1.29, 1.82) is 0 Å². The first-order chi connectivity index (χ1) is 4.30. The smallest absolute Gasteiger partial charge is 0.331 e. The van der Waals surface area contributed by atoms with E-state index in [9.17, 15) is 4.79 Å². The molecule has 0 aromatic heterocycles. The van der Waals surface area contributed by atoms with Crippen molar-refractivity contribution >= 4 is 23.0 Å². The van der Waals surface area contributed by atoms with Gasteiger partial charge in [0.25, 0.3) is 0 Å². The van der Waals surface area contributed by atoms with Crippen molar-refractivity contribution in [2.75, 3.05) is 13.1 Å². The van der Waals surface area contributed by atoms with Crippen LogP contribution in [-0.2, 0) is 4.79 Å². The molecule has 0 spiro atoms. The topological polar surface area (TPSA) is 49.3 Å². The first-order valence-corrected chi connectivity index (χ1v) is 2.94. The highest BCUT2D eigenvalue weighted by atomic mass is 79.9. The lowest BCUT2D eigenvalue weighted by molar-refractivity contribution is -0.132. The van der Waals surface area contributed by atoms with E-state index in [4.69, 9.17) is 5.11 Å². The molecule has 0 radical (unpaired) electrons. The highest BCUT2D eigenvalue weighted by molar-refractivity contribution is 8.93. The van der Waals surface area contributed by atoms with Gasteiger partial charge in [0.15, 0.2) is 0 Å². The number of carboxylic acid groups (broad SMARTS) is 1. The summed E-state index contributed by atoms with van der Waals surface area (Å²) in [4.78, 5) is 10.3. The van der Waals surface area contributed by atoms with E-state index in [-0.39, 0.29) is 17.0 Å². The van der Waals surface area contributed by atoms with Gasteiger partial charge in [-0.2, -0.15) is 0 Å². The summed E-state index contributed by atoms with van der Waals surface area (Å²) in [5.74, 6) is -0.781. The second kappa shape index (κ2) is 4.46. The minimum Gasteiger partial charge on any atom is -0.478 e. The number of nitrogens with one attached hydrogen (secondary N) is 1. The minimum atomic E-state index is -0.781. The Bertz CT molecular complexity index is 156. The van der Waals surface area contributed by atoms with E-state index < -0.39 is 5.97 Å². The number of aliphatic carboxylic acids is 1. The van der Waals surface area contributed by atoms with Crippen molar-refractivity contribution < 1.29 is 9.90 Å². The molecule has 1 rings (SSSR count). The number of halogens is 1. The Labute approximate surface area is 69.9 Å². The number of hydrogen-bond donors (Lipinski definition) is 2. The van der Waals surface area contributed by atoms with Gasteiger partial charge < -0.3 is 10.4 Å². The highest BCUT2D eigenvalue weighted by Crippen LogP contribution is 2.02. The van der Waals surface area contributed by atoms with E-state index in [1.54, 1.807) is 6.08 Å². The zero-order valence-electron chi connectivity index (χ0n) is 5.46. The van der Waals surface area contributed by atoms with Crippen LogP contribution in [0.15, 0.2) is 11.6 Å². The number of carbonyl (C=O) groups is 1. The first kappa shape index (κ1) is 9.65. The molecule has 2 N–H and O–H groups in total. The summed E-state index contributed by atoms with van der Waals surface area (Å²) in [6.45, 7) is 1.49. The molecule has 0 saturated carbocycles. The third-order valence-electron chi connectivity index (χ3n) is 1.34. The standard InChI is InChI=1S/C6H9NO2.BrH/c8-6(9)5-1-3-7-4-2-5;/h1,7H,2-4H2,(H,8,9);1H. The lowest BCUT2D eigenvalue weighted by Gasteiger charge is -2.08. The molecule has 4 heteroatoms. The van der Waals surface area contributed by atoms with Crippen molar-refractivity contribution in [3.63, 3.8) is 0 Å². The predicted molar refractivity (Wildman–Crippen MR) is 43.5 cm³/mol. The van der Waals surface area contributed by atoms with Gasteiger partial charge in [-0.25, -0.2) is 4.79 Å². The van der Waals surface area contributed by atoms with E-state index in [2.05, 4.69) is 5.32 Å². The highest BCUT2D eigenvalue weighted by Gasteiger charge is 2.08. The molecule has 10 heavy (non-hydrogen) atoms. The largest absolute Gasteiger partial charge is 0.478 e. The molecule has 0 aromatic carbocycles. The van der Waals surface area contributed by atoms with Crippen LogP contribution < -0.4 is 5.32 Å². The third kappa shape index (κ3) is 2.49. The van der Waals surface area contributed by atoms with Crippen LogP contribution in [-0.4, -0.2) is 24.2 Å². The van der Waals surface area contributed by atoms with Gasteiger partial charge in [0, 0.05) is 12.1 Å². The van der Waals surface area contributed by atoms with Gasteiger partial charge in [0.2, 0.25) is 0 Å². The lowest BCUT2D eigenvalue weighted by Crippen LogP contribution is -2.23. The van der Waals surface area contributed by atoms with Crippen LogP contribution in [0.25, 0.3) is 0 Å². The third-order valence-corrected chi connectivity index (χ3v) is 1.34. The van der Waals surface area contributed by atoms with E-state index in [0.29, 0.717) is 18.5 Å². The normalized spacial score (nSPS) is 17.0. The molecule has 1 heterocycles. The maximum atomic E-state index is 10.3. The molecule has 0 aromatic rings. The zero-order valence-corrected chi connectivity index (χ0v) is 7.18. The lowest BCUT2D eigenvalue weighted by atomic mass is 10.1. The van der Waals surface area contributed by atoms with Crippen molar-refractivity contribution in [3.8, 4) is 0 Å². The Morgan fingerprint density at radius 3 is 2.70 bits per heavy atom. The summed E-state index contributed by atoms with van der Waals surface area (Å²) >= 11 is 0. The summed E-state index contributed by atoms with van der Waals surface area (Å²) in [6.07, 6.45) is 2.36. The fourth-order valence-electron chi connectivity index (χ4n) is 0.817. The molecular weight excluding hydrogens is 198 g/mol. The van der Waals surface area contributed by atoms with Gasteiger partial charge in [-0.1, -0.05) is 6.08 Å². The molecule has 0 fully saturated rings. The molecule has 0 saturated heterocycles. The second-order valence-corrected chi connectivity index (χ2v) is 1.99. The predicted octanol–water partition coefficient (Wildman–Crippen LogP) is 0.569. The average molecular weight is 208 g/mol. The van der Waals surface area contributed by atoms with Crippen LogP contribution in [0.5, 0.6) is 0 Å². The molecule has 0 unspecified atom stereocenters. The Hall–Kier alpha value is -0.350. The molecule has 0 atom stereocenters. The number of hydrogen-bond acceptors (Lipinski definition) is 2. The molecule has 1 aliphatic heterocycles. The molecule has 1 aliphatic rings. The summed E-state index contributed by atoms with van der Waals surface area (Å²) in [5.41, 5.74) is 0.536. The van der Waals surface area contributed by atoms with Crippen molar-refractivity contribution in [1.82, 2.24) is 5.32 Å². The molecule has 0 bridgehead atoms. The van der Waals surface area contributed by atoms with E-state index in [1.807, 2.05) is 0 Å². The fourth-order valence-corrected chi connectivity index (χ4v) is 0.817. The molecule has 0 amide bonds. The van der Waals surface area contributed by atoms with Crippen LogP contribution in [0, 0.1) is 0 Å². The van der Waals surface area contributed by atoms with E-state index in [0.717, 1.165) is 6.54 Å². The van der Waals surface area contributed by atoms with Crippen LogP contribution in [0.1, 0.15) is 6.42 Å². The van der Waals surface area contributed by atoms with Crippen molar-refractivity contribution in [2.45, 2.75) is 6.42 Å². The van der Waals surface area contributed by atoms with Gasteiger partial charge in [-0.05, 0) is 13.0 Å². The number of rotatable bonds is 1. The second-order valence-electron chi connectivity index (χ2n) is 1.99. The van der Waals surface area contributed by atoms with Crippen LogP contribution >= 0.6 is 17.0 Å². The summed E-state index contributed by atoms with van der Waals surface area (Å²) in [6, 6.07) is 0. The van der Waals surface area contributed by atoms with Crippen LogP contribution in [0.3, 0.4) is 0 Å². The van der Waals surface area contributed by atoms with E-state index in [1.165, 1.54) is 0 Å². The molecular formula is C6H10BrNO2. The molecule has 0 aliphatic carbocycles.